The predicted octanol–water partition coefficient (Wildman–Crippen LogP) is 7.88. The summed E-state index contributed by atoms with van der Waals surface area (Å²) in [5.41, 5.74) is 7.28. The van der Waals surface area contributed by atoms with E-state index in [1.165, 1.54) is 49.7 Å². The van der Waals surface area contributed by atoms with Gasteiger partial charge in [-0.25, -0.2) is 0 Å². The predicted molar refractivity (Wildman–Crippen MR) is 154 cm³/mol. The maximum Gasteiger partial charge on any atom is 0.126 e. The molecule has 0 heterocycles. The second-order valence-corrected chi connectivity index (χ2v) is 18.9. The first-order chi connectivity index (χ1) is 16.3. The Labute approximate surface area is 216 Å². The Hall–Kier alpha value is -1.16. The van der Waals surface area contributed by atoms with E-state index >= 15 is 0 Å². The molecule has 2 saturated carbocycles. The van der Waals surface area contributed by atoms with Crippen LogP contribution in [-0.2, 0) is 5.41 Å². The van der Waals surface area contributed by atoms with Crippen LogP contribution < -0.4 is 0 Å². The third kappa shape index (κ3) is 4.05. The van der Waals surface area contributed by atoms with Crippen LogP contribution >= 0.6 is 0 Å². The van der Waals surface area contributed by atoms with Crippen molar-refractivity contribution < 1.29 is 0 Å². The van der Waals surface area contributed by atoms with Crippen molar-refractivity contribution in [2.45, 2.75) is 115 Å². The fourth-order valence-electron chi connectivity index (χ4n) is 9.02. The SMILES string of the molecule is CN(C)C1CC([Si](C)(C)N(C2CCCCC2)C(C)(C)C)C2C=C3C(=CC21)C(C)(C)c1ccccc13. The second kappa shape index (κ2) is 8.70. The molecule has 4 aliphatic rings. The van der Waals surface area contributed by atoms with E-state index in [1.807, 2.05) is 0 Å². The van der Waals surface area contributed by atoms with Crippen LogP contribution in [0.1, 0.15) is 84.3 Å². The zero-order valence-corrected chi connectivity index (χ0v) is 25.0. The lowest BCUT2D eigenvalue weighted by Gasteiger charge is -2.55. The van der Waals surface area contributed by atoms with E-state index in [0.717, 1.165) is 11.6 Å². The summed E-state index contributed by atoms with van der Waals surface area (Å²) < 4.78 is 3.11. The van der Waals surface area contributed by atoms with Gasteiger partial charge in [-0.05, 0) is 93.8 Å². The molecule has 0 bridgehead atoms. The number of allylic oxidation sites excluding steroid dienone is 3. The topological polar surface area (TPSA) is 6.48 Å². The van der Waals surface area contributed by atoms with Gasteiger partial charge in [0, 0.05) is 23.0 Å². The number of benzene rings is 1. The van der Waals surface area contributed by atoms with Gasteiger partial charge in [0.05, 0.1) is 0 Å². The molecule has 2 fully saturated rings. The van der Waals surface area contributed by atoms with E-state index in [0.29, 0.717) is 17.9 Å². The zero-order chi connectivity index (χ0) is 25.3. The Morgan fingerprint density at radius 1 is 0.914 bits per heavy atom. The van der Waals surface area contributed by atoms with Crippen LogP contribution in [-0.4, -0.2) is 49.4 Å². The van der Waals surface area contributed by atoms with Crippen LogP contribution in [0.15, 0.2) is 42.0 Å². The number of hydrogen-bond donors (Lipinski definition) is 0. The number of nitrogens with zero attached hydrogens (tertiary/aromatic N) is 2. The Morgan fingerprint density at radius 3 is 2.20 bits per heavy atom. The Kier molecular flexibility index (Phi) is 6.34. The van der Waals surface area contributed by atoms with Gasteiger partial charge in [0.2, 0.25) is 0 Å². The van der Waals surface area contributed by atoms with E-state index in [9.17, 15) is 0 Å². The Bertz CT molecular complexity index is 1020. The molecular weight excluding hydrogens is 440 g/mol. The average molecular weight is 491 g/mol. The third-order valence-electron chi connectivity index (χ3n) is 10.3. The molecule has 4 atom stereocenters. The second-order valence-electron chi connectivity index (χ2n) is 14.3. The van der Waals surface area contributed by atoms with E-state index in [1.54, 1.807) is 11.1 Å². The minimum absolute atomic E-state index is 0.106. The summed E-state index contributed by atoms with van der Waals surface area (Å²) in [4.78, 5) is 2.55. The summed E-state index contributed by atoms with van der Waals surface area (Å²) in [6.45, 7) is 17.9. The maximum absolute atomic E-state index is 3.11. The maximum atomic E-state index is 3.11. The molecule has 0 radical (unpaired) electrons. The van der Waals surface area contributed by atoms with Crippen LogP contribution in [0.5, 0.6) is 0 Å². The fourth-order valence-corrected chi connectivity index (χ4v) is 14.4. The van der Waals surface area contributed by atoms with Crippen molar-refractivity contribution in [1.29, 1.82) is 0 Å². The van der Waals surface area contributed by atoms with Crippen molar-refractivity contribution in [3.05, 3.63) is 53.1 Å². The van der Waals surface area contributed by atoms with Crippen molar-refractivity contribution in [1.82, 2.24) is 9.47 Å². The highest BCUT2D eigenvalue weighted by atomic mass is 28.3. The van der Waals surface area contributed by atoms with Gasteiger partial charge in [0.25, 0.3) is 0 Å². The third-order valence-corrected chi connectivity index (χ3v) is 15.0. The van der Waals surface area contributed by atoms with Crippen molar-refractivity contribution >= 4 is 13.8 Å². The molecule has 35 heavy (non-hydrogen) atoms. The van der Waals surface area contributed by atoms with Crippen molar-refractivity contribution in [3.8, 4) is 0 Å². The first-order valence-electron chi connectivity index (χ1n) is 14.4. The van der Waals surface area contributed by atoms with Crippen LogP contribution in [0.25, 0.3) is 5.57 Å². The van der Waals surface area contributed by atoms with Crippen molar-refractivity contribution in [2.24, 2.45) is 11.8 Å². The molecule has 0 aromatic heterocycles. The summed E-state index contributed by atoms with van der Waals surface area (Å²) in [7, 11) is 2.90. The zero-order valence-electron chi connectivity index (χ0n) is 24.0. The molecule has 3 heteroatoms. The van der Waals surface area contributed by atoms with Crippen molar-refractivity contribution in [2.75, 3.05) is 14.1 Å². The number of fused-ring (bicyclic) bond motifs is 4. The standard InChI is InChI=1S/C32H50N2Si/c1-31(2,3)34(22-15-11-10-12-16-22)35(8,9)30-21-29(33(6)7)25-20-28-24(19-26(25)30)23-17-13-14-18-27(23)32(28,4)5/h13-14,17-20,22,25-26,29-30H,10-12,15-16,21H2,1-9H3. The summed E-state index contributed by atoms with van der Waals surface area (Å²) >= 11 is 0. The number of hydrogen-bond acceptors (Lipinski definition) is 2. The van der Waals surface area contributed by atoms with E-state index in [-0.39, 0.29) is 11.0 Å². The van der Waals surface area contributed by atoms with E-state index in [2.05, 4.69) is 108 Å². The van der Waals surface area contributed by atoms with Gasteiger partial charge in [-0.3, -0.25) is 0 Å². The lowest BCUT2D eigenvalue weighted by Crippen LogP contribution is -2.64. The largest absolute Gasteiger partial charge is 0.316 e. The molecule has 4 unspecified atom stereocenters. The normalized spacial score (nSPS) is 30.7. The van der Waals surface area contributed by atoms with Gasteiger partial charge < -0.3 is 9.47 Å². The van der Waals surface area contributed by atoms with Gasteiger partial charge in [0.1, 0.15) is 8.24 Å². The lowest BCUT2D eigenvalue weighted by molar-refractivity contribution is 0.140. The summed E-state index contributed by atoms with van der Waals surface area (Å²) in [6, 6.07) is 10.6. The summed E-state index contributed by atoms with van der Waals surface area (Å²) in [5.74, 6) is 1.28. The molecule has 0 N–H and O–H groups in total. The molecule has 0 aliphatic heterocycles. The van der Waals surface area contributed by atoms with Crippen LogP contribution in [0.4, 0.5) is 0 Å². The number of rotatable bonds is 4. The molecule has 0 saturated heterocycles. The first kappa shape index (κ1) is 25.5. The molecule has 1 aromatic rings. The minimum Gasteiger partial charge on any atom is -0.316 e. The smallest absolute Gasteiger partial charge is 0.126 e. The van der Waals surface area contributed by atoms with Gasteiger partial charge in [0.15, 0.2) is 0 Å². The molecule has 0 amide bonds. The molecule has 1 aromatic carbocycles. The van der Waals surface area contributed by atoms with E-state index < -0.39 is 8.24 Å². The highest BCUT2D eigenvalue weighted by Gasteiger charge is 2.56. The molecule has 2 nitrogen and oxygen atoms in total. The van der Waals surface area contributed by atoms with Gasteiger partial charge in [-0.1, -0.05) is 82.6 Å². The Morgan fingerprint density at radius 2 is 1.57 bits per heavy atom. The molecule has 0 spiro atoms. The van der Waals surface area contributed by atoms with Crippen molar-refractivity contribution in [3.63, 3.8) is 0 Å². The molecular formula is C32H50N2Si. The van der Waals surface area contributed by atoms with Crippen LogP contribution in [0, 0.1) is 11.8 Å². The minimum atomic E-state index is -1.76. The van der Waals surface area contributed by atoms with Gasteiger partial charge >= 0.3 is 0 Å². The van der Waals surface area contributed by atoms with E-state index in [4.69, 9.17) is 0 Å². The van der Waals surface area contributed by atoms with Crippen LogP contribution in [0.2, 0.25) is 18.6 Å². The highest BCUT2D eigenvalue weighted by molar-refractivity contribution is 6.76. The van der Waals surface area contributed by atoms with Crippen LogP contribution in [0.3, 0.4) is 0 Å². The summed E-state index contributed by atoms with van der Waals surface area (Å²) in [5, 5.41) is 0. The monoisotopic (exact) mass is 490 g/mol. The highest BCUT2D eigenvalue weighted by Crippen LogP contribution is 2.60. The summed E-state index contributed by atoms with van der Waals surface area (Å²) in [6.07, 6.45) is 13.9. The van der Waals surface area contributed by atoms with Gasteiger partial charge in [-0.15, -0.1) is 0 Å². The fraction of sp³-hybridized carbons (Fsp3) is 0.688. The Balaban J connectivity index is 1.59. The molecule has 4 aliphatic carbocycles. The first-order valence-corrected chi connectivity index (χ1v) is 17.4. The quantitative estimate of drug-likeness (QED) is 0.396. The molecule has 5 rings (SSSR count). The van der Waals surface area contributed by atoms with Gasteiger partial charge in [-0.2, -0.15) is 0 Å². The molecule has 192 valence electrons. The lowest BCUT2D eigenvalue weighted by atomic mass is 9.75. The average Bonchev–Trinajstić information content (AvgIpc) is 3.27.